The van der Waals surface area contributed by atoms with Gasteiger partial charge < -0.3 is 14.4 Å². The van der Waals surface area contributed by atoms with Crippen LogP contribution >= 0.6 is 0 Å². The van der Waals surface area contributed by atoms with E-state index in [4.69, 9.17) is 4.74 Å². The number of hydrogen-bond donors (Lipinski definition) is 0. The lowest BCUT2D eigenvalue weighted by Gasteiger charge is -2.03. The quantitative estimate of drug-likeness (QED) is 0.0476. The fourth-order valence-corrected chi connectivity index (χ4v) is 3.15. The Morgan fingerprint density at radius 3 is 1.73 bits per heavy atom. The highest BCUT2D eigenvalue weighted by Gasteiger charge is 2.01. The molecular formula is C24H44O9. The number of ether oxygens (including phenoxy) is 2. The number of rotatable bonds is 25. The lowest BCUT2D eigenvalue weighted by molar-refractivity contribution is -0.700. The molecule has 0 aliphatic heterocycles. The first-order valence-corrected chi connectivity index (χ1v) is 12.4. The zero-order valence-corrected chi connectivity index (χ0v) is 20.6. The first-order chi connectivity index (χ1) is 16.2. The molecule has 0 aromatic rings. The molecule has 0 atom stereocenters. The maximum atomic E-state index is 11.6. The van der Waals surface area contributed by atoms with Crippen LogP contribution in [-0.2, 0) is 44.0 Å². The van der Waals surface area contributed by atoms with Gasteiger partial charge in [0.1, 0.15) is 19.5 Å². The van der Waals surface area contributed by atoms with Crippen molar-refractivity contribution in [1.29, 1.82) is 0 Å². The Hall–Kier alpha value is -1.68. The molecule has 0 N–H and O–H groups in total. The van der Waals surface area contributed by atoms with Crippen LogP contribution in [0.5, 0.6) is 0 Å². The van der Waals surface area contributed by atoms with E-state index >= 15 is 0 Å². The molecule has 0 fully saturated rings. The third-order valence-electron chi connectivity index (χ3n) is 4.91. The van der Waals surface area contributed by atoms with Crippen molar-refractivity contribution in [2.24, 2.45) is 0 Å². The van der Waals surface area contributed by atoms with Gasteiger partial charge >= 0.3 is 11.9 Å². The van der Waals surface area contributed by atoms with Gasteiger partial charge in [0.25, 0.3) is 0 Å². The van der Waals surface area contributed by atoms with Gasteiger partial charge in [-0.05, 0) is 11.5 Å². The molecule has 0 radical (unpaired) electrons. The highest BCUT2D eigenvalue weighted by molar-refractivity contribution is 5.69. The van der Waals surface area contributed by atoms with Gasteiger partial charge in [0.05, 0.1) is 0 Å². The van der Waals surface area contributed by atoms with Gasteiger partial charge in [-0.25, -0.2) is 4.89 Å². The van der Waals surface area contributed by atoms with E-state index in [1.165, 1.54) is 84.0 Å². The van der Waals surface area contributed by atoms with Crippen molar-refractivity contribution in [3.05, 3.63) is 12.5 Å². The van der Waals surface area contributed by atoms with Crippen molar-refractivity contribution < 1.29 is 44.0 Å². The average Bonchev–Trinajstić information content (AvgIpc) is 2.79. The summed E-state index contributed by atoms with van der Waals surface area (Å²) in [5, 5.41) is 12.2. The van der Waals surface area contributed by atoms with E-state index in [2.05, 4.69) is 36.6 Å². The second kappa shape index (κ2) is 26.6. The lowest BCUT2D eigenvalue weighted by Crippen LogP contribution is -2.08. The molecule has 33 heavy (non-hydrogen) atoms. The van der Waals surface area contributed by atoms with Crippen molar-refractivity contribution in [1.82, 2.24) is 0 Å². The van der Waals surface area contributed by atoms with Crippen molar-refractivity contribution in [3.63, 3.8) is 0 Å². The van der Waals surface area contributed by atoms with E-state index in [1.54, 1.807) is 0 Å². The molecule has 9 heteroatoms. The van der Waals surface area contributed by atoms with Gasteiger partial charge in [0.2, 0.25) is 0 Å². The molecule has 194 valence electrons. The summed E-state index contributed by atoms with van der Waals surface area (Å²) in [7, 11) is 0. The third kappa shape index (κ3) is 28.3. The number of carbonyl (C=O) groups excluding carboxylic acids is 2. The molecule has 0 amide bonds. The topological polar surface area (TPSA) is 98.8 Å². The highest BCUT2D eigenvalue weighted by atomic mass is 17.8. The van der Waals surface area contributed by atoms with Gasteiger partial charge in [0, 0.05) is 23.4 Å². The van der Waals surface area contributed by atoms with E-state index in [-0.39, 0.29) is 19.2 Å². The van der Waals surface area contributed by atoms with Crippen LogP contribution in [0.3, 0.4) is 0 Å². The molecule has 0 aromatic heterocycles. The van der Waals surface area contributed by atoms with Crippen LogP contribution in [-0.4, -0.2) is 25.2 Å². The smallest absolute Gasteiger partial charge is 0.310 e. The maximum absolute atomic E-state index is 11.6. The Morgan fingerprint density at radius 2 is 1.18 bits per heavy atom. The predicted molar refractivity (Wildman–Crippen MR) is 122 cm³/mol. The standard InChI is InChI=1S/C24H44O9/c1-3-4-5-6-7-8-9-10-11-12-13-14-15-16-17-18-24(26)28-20-22-30-32-33-31-29-21-19-27-23(2)25/h20,22H,3-19,21H2,1-2H3/b22-20+. The number of hydrogen-bond acceptors (Lipinski definition) is 9. The number of carbonyl (C=O) groups is 2. The Labute approximate surface area is 198 Å². The minimum atomic E-state index is -0.432. The van der Waals surface area contributed by atoms with Crippen LogP contribution in [0.1, 0.15) is 117 Å². The molecule has 0 heterocycles. The van der Waals surface area contributed by atoms with Crippen LogP contribution in [0.4, 0.5) is 0 Å². The normalized spacial score (nSPS) is 11.1. The molecule has 0 unspecified atom stereocenters. The van der Waals surface area contributed by atoms with Crippen molar-refractivity contribution in [3.8, 4) is 0 Å². The maximum Gasteiger partial charge on any atom is 0.310 e. The third-order valence-corrected chi connectivity index (χ3v) is 4.91. The largest absolute Gasteiger partial charge is 0.463 e. The number of esters is 2. The summed E-state index contributed by atoms with van der Waals surface area (Å²) in [4.78, 5) is 30.9. The minimum absolute atomic E-state index is 0.00869. The summed E-state index contributed by atoms with van der Waals surface area (Å²) < 4.78 is 9.42. The molecule has 0 aliphatic carbocycles. The van der Waals surface area contributed by atoms with Crippen LogP contribution in [0, 0.1) is 0 Å². The summed E-state index contributed by atoms with van der Waals surface area (Å²) in [6.45, 7) is 3.49. The van der Waals surface area contributed by atoms with Crippen molar-refractivity contribution >= 4 is 11.9 Å². The van der Waals surface area contributed by atoms with E-state index in [9.17, 15) is 9.59 Å². The Bertz CT molecular complexity index is 469. The van der Waals surface area contributed by atoms with Crippen LogP contribution in [0.15, 0.2) is 12.5 Å². The fraction of sp³-hybridized carbons (Fsp3) is 0.833. The van der Waals surface area contributed by atoms with Gasteiger partial charge in [-0.15, -0.1) is 0 Å². The van der Waals surface area contributed by atoms with Crippen LogP contribution in [0.25, 0.3) is 0 Å². The van der Waals surface area contributed by atoms with Gasteiger partial charge in [-0.3, -0.25) is 9.59 Å². The predicted octanol–water partition coefficient (Wildman–Crippen LogP) is 6.57. The average molecular weight is 477 g/mol. The van der Waals surface area contributed by atoms with E-state index in [0.717, 1.165) is 31.8 Å². The van der Waals surface area contributed by atoms with E-state index in [0.29, 0.717) is 6.42 Å². The van der Waals surface area contributed by atoms with Crippen LogP contribution in [0.2, 0.25) is 0 Å². The zero-order valence-electron chi connectivity index (χ0n) is 20.6. The summed E-state index contributed by atoms with van der Waals surface area (Å²) in [6, 6.07) is 0. The lowest BCUT2D eigenvalue weighted by atomic mass is 10.0. The first-order valence-electron chi connectivity index (χ1n) is 12.4. The molecule has 0 rings (SSSR count). The Morgan fingerprint density at radius 1 is 0.636 bits per heavy atom. The van der Waals surface area contributed by atoms with E-state index < -0.39 is 5.97 Å². The van der Waals surface area contributed by atoms with Crippen LogP contribution < -0.4 is 0 Å². The monoisotopic (exact) mass is 476 g/mol. The summed E-state index contributed by atoms with van der Waals surface area (Å²) in [5.74, 6) is -0.770. The molecular weight excluding hydrogens is 432 g/mol. The minimum Gasteiger partial charge on any atom is -0.463 e. The SMILES string of the molecule is CCCCCCCCCCCCCCCCCC(=O)O/C=C/OOOOOCCOC(C)=O. The summed E-state index contributed by atoms with van der Waals surface area (Å²) in [6.07, 6.45) is 21.6. The summed E-state index contributed by atoms with van der Waals surface area (Å²) in [5.41, 5.74) is 0. The molecule has 9 nitrogen and oxygen atoms in total. The summed E-state index contributed by atoms with van der Waals surface area (Å²) >= 11 is 0. The Kier molecular flexibility index (Phi) is 25.2. The molecule has 0 aliphatic rings. The fourth-order valence-electron chi connectivity index (χ4n) is 3.15. The zero-order chi connectivity index (χ0) is 24.2. The van der Waals surface area contributed by atoms with Gasteiger partial charge in [-0.2, -0.15) is 0 Å². The number of unbranched alkanes of at least 4 members (excludes halogenated alkanes) is 14. The van der Waals surface area contributed by atoms with Gasteiger partial charge in [-0.1, -0.05) is 96.8 Å². The molecule has 0 bridgehead atoms. The highest BCUT2D eigenvalue weighted by Crippen LogP contribution is 2.13. The second-order valence-corrected chi connectivity index (χ2v) is 7.92. The Balaban J connectivity index is 3.23. The molecule has 0 aromatic carbocycles. The first kappa shape index (κ1) is 31.3. The van der Waals surface area contributed by atoms with Crippen molar-refractivity contribution in [2.45, 2.75) is 117 Å². The molecule has 0 spiro atoms. The molecule has 0 saturated heterocycles. The van der Waals surface area contributed by atoms with E-state index in [1.807, 2.05) is 0 Å². The van der Waals surface area contributed by atoms with Gasteiger partial charge in [0.15, 0.2) is 6.26 Å². The molecule has 0 saturated carbocycles. The second-order valence-electron chi connectivity index (χ2n) is 7.92. The van der Waals surface area contributed by atoms with Crippen molar-refractivity contribution in [2.75, 3.05) is 13.2 Å².